The van der Waals surface area contributed by atoms with Crippen molar-refractivity contribution in [1.82, 2.24) is 4.98 Å². The van der Waals surface area contributed by atoms with Gasteiger partial charge in [0.1, 0.15) is 0 Å². The van der Waals surface area contributed by atoms with Gasteiger partial charge in [-0.3, -0.25) is 4.98 Å². The third-order valence-corrected chi connectivity index (χ3v) is 5.51. The number of benzene rings is 1. The number of thioether (sulfide) groups is 1. The predicted octanol–water partition coefficient (Wildman–Crippen LogP) is 3.52. The summed E-state index contributed by atoms with van der Waals surface area (Å²) in [5.41, 5.74) is 8.72. The van der Waals surface area contributed by atoms with Crippen LogP contribution in [0.4, 0.5) is 0 Å². The minimum absolute atomic E-state index is 0.0939. The number of rotatable bonds is 2. The van der Waals surface area contributed by atoms with Crippen LogP contribution in [0, 0.1) is 0 Å². The first-order valence-corrected chi connectivity index (χ1v) is 7.42. The first-order chi connectivity index (χ1) is 8.69. The minimum Gasteiger partial charge on any atom is -0.323 e. The van der Waals surface area contributed by atoms with Crippen LogP contribution in [0.15, 0.2) is 36.5 Å². The zero-order valence-electron chi connectivity index (χ0n) is 10.6. The molecule has 1 aromatic carbocycles. The molecular formula is C15H18N2S. The molecule has 2 heterocycles. The summed E-state index contributed by atoms with van der Waals surface area (Å²) < 4.78 is 0.183. The summed E-state index contributed by atoms with van der Waals surface area (Å²) in [6.45, 7) is 2.29. The van der Waals surface area contributed by atoms with E-state index in [9.17, 15) is 0 Å². The summed E-state index contributed by atoms with van der Waals surface area (Å²) in [4.78, 5) is 4.41. The maximum Gasteiger partial charge on any atom is 0.0705 e. The number of pyridine rings is 1. The Bertz CT molecular complexity index is 561. The van der Waals surface area contributed by atoms with E-state index in [2.05, 4.69) is 36.2 Å². The highest BCUT2D eigenvalue weighted by molar-refractivity contribution is 8.00. The molecule has 0 amide bonds. The third kappa shape index (κ3) is 2.02. The van der Waals surface area contributed by atoms with Crippen LogP contribution in [0.5, 0.6) is 0 Å². The summed E-state index contributed by atoms with van der Waals surface area (Å²) in [6.07, 6.45) is 4.32. The number of fused-ring (bicyclic) bond motifs is 1. The van der Waals surface area contributed by atoms with Crippen molar-refractivity contribution in [3.8, 4) is 0 Å². The van der Waals surface area contributed by atoms with Crippen molar-refractivity contribution >= 4 is 22.7 Å². The van der Waals surface area contributed by atoms with E-state index in [4.69, 9.17) is 5.73 Å². The topological polar surface area (TPSA) is 38.9 Å². The van der Waals surface area contributed by atoms with E-state index < -0.39 is 0 Å². The summed E-state index contributed by atoms with van der Waals surface area (Å²) in [5, 5.41) is 1.18. The molecule has 0 bridgehead atoms. The molecule has 1 aromatic heterocycles. The summed E-state index contributed by atoms with van der Waals surface area (Å²) in [6, 6.07) is 10.6. The maximum absolute atomic E-state index is 6.48. The monoisotopic (exact) mass is 258 g/mol. The van der Waals surface area contributed by atoms with Crippen molar-refractivity contribution in [2.24, 2.45) is 5.73 Å². The highest BCUT2D eigenvalue weighted by Gasteiger charge is 2.36. The van der Waals surface area contributed by atoms with Gasteiger partial charge in [-0.2, -0.15) is 11.8 Å². The first-order valence-electron chi connectivity index (χ1n) is 6.43. The predicted molar refractivity (Wildman–Crippen MR) is 78.8 cm³/mol. The second-order valence-electron chi connectivity index (χ2n) is 5.20. The normalized spacial score (nSPS) is 25.4. The Morgan fingerprint density at radius 2 is 2.28 bits per heavy atom. The lowest BCUT2D eigenvalue weighted by Crippen LogP contribution is -2.33. The average molecular weight is 258 g/mol. The smallest absolute Gasteiger partial charge is 0.0705 e. The SMILES string of the molecule is CC1(C(N)c2ccc3cccnc3c2)CCCS1. The fourth-order valence-corrected chi connectivity index (χ4v) is 4.03. The van der Waals surface area contributed by atoms with Gasteiger partial charge in [0.05, 0.1) is 5.52 Å². The van der Waals surface area contributed by atoms with Crippen LogP contribution in [0.25, 0.3) is 10.9 Å². The third-order valence-electron chi connectivity index (χ3n) is 3.90. The Kier molecular flexibility index (Phi) is 3.04. The van der Waals surface area contributed by atoms with Crippen LogP contribution in [0.3, 0.4) is 0 Å². The highest BCUT2D eigenvalue weighted by Crippen LogP contribution is 2.45. The van der Waals surface area contributed by atoms with E-state index in [0.29, 0.717) is 0 Å². The van der Waals surface area contributed by atoms with E-state index >= 15 is 0 Å². The zero-order chi connectivity index (χ0) is 12.6. The van der Waals surface area contributed by atoms with Gasteiger partial charge in [-0.1, -0.05) is 18.2 Å². The van der Waals surface area contributed by atoms with Crippen molar-refractivity contribution in [2.45, 2.75) is 30.6 Å². The number of nitrogens with two attached hydrogens (primary N) is 1. The Hall–Kier alpha value is -1.06. The number of hydrogen-bond acceptors (Lipinski definition) is 3. The van der Waals surface area contributed by atoms with Crippen molar-refractivity contribution in [3.05, 3.63) is 42.1 Å². The van der Waals surface area contributed by atoms with Gasteiger partial charge >= 0.3 is 0 Å². The molecule has 3 rings (SSSR count). The Morgan fingerprint density at radius 1 is 1.39 bits per heavy atom. The molecule has 2 aromatic rings. The molecule has 2 N–H and O–H groups in total. The lowest BCUT2D eigenvalue weighted by Gasteiger charge is -2.30. The van der Waals surface area contributed by atoms with Crippen LogP contribution in [-0.4, -0.2) is 15.5 Å². The van der Waals surface area contributed by atoms with Gasteiger partial charge < -0.3 is 5.73 Å². The number of aromatic nitrogens is 1. The van der Waals surface area contributed by atoms with Crippen molar-refractivity contribution < 1.29 is 0 Å². The molecular weight excluding hydrogens is 240 g/mol. The largest absolute Gasteiger partial charge is 0.323 e. The van der Waals surface area contributed by atoms with Crippen LogP contribution < -0.4 is 5.73 Å². The Morgan fingerprint density at radius 3 is 3.06 bits per heavy atom. The van der Waals surface area contributed by atoms with Gasteiger partial charge in [-0.05, 0) is 43.2 Å². The molecule has 0 spiro atoms. The van der Waals surface area contributed by atoms with E-state index in [0.717, 1.165) is 5.52 Å². The second-order valence-corrected chi connectivity index (χ2v) is 6.83. The molecule has 1 saturated heterocycles. The van der Waals surface area contributed by atoms with Gasteiger partial charge in [0.15, 0.2) is 0 Å². The molecule has 0 radical (unpaired) electrons. The Balaban J connectivity index is 1.98. The number of nitrogens with zero attached hydrogens (tertiary/aromatic N) is 1. The van der Waals surface area contributed by atoms with Gasteiger partial charge in [0.25, 0.3) is 0 Å². The average Bonchev–Trinajstić information content (AvgIpc) is 2.85. The Labute approximate surface area is 112 Å². The molecule has 2 unspecified atom stereocenters. The molecule has 0 saturated carbocycles. The highest BCUT2D eigenvalue weighted by atomic mass is 32.2. The maximum atomic E-state index is 6.48. The van der Waals surface area contributed by atoms with Gasteiger partial charge in [-0.25, -0.2) is 0 Å². The fraction of sp³-hybridized carbons (Fsp3) is 0.400. The second kappa shape index (κ2) is 4.56. The number of hydrogen-bond donors (Lipinski definition) is 1. The summed E-state index contributed by atoms with van der Waals surface area (Å²) in [5.74, 6) is 1.23. The molecule has 0 aliphatic carbocycles. The minimum atomic E-state index is 0.0939. The lowest BCUT2D eigenvalue weighted by atomic mass is 9.90. The quantitative estimate of drug-likeness (QED) is 0.895. The summed E-state index contributed by atoms with van der Waals surface area (Å²) in [7, 11) is 0. The molecule has 1 aliphatic rings. The van der Waals surface area contributed by atoms with E-state index in [-0.39, 0.29) is 10.8 Å². The van der Waals surface area contributed by atoms with Crippen molar-refractivity contribution in [2.75, 3.05) is 5.75 Å². The van der Waals surface area contributed by atoms with Crippen LogP contribution in [0.1, 0.15) is 31.4 Å². The molecule has 3 heteroatoms. The fourth-order valence-electron chi connectivity index (χ4n) is 2.68. The molecule has 94 valence electrons. The van der Waals surface area contributed by atoms with Gasteiger partial charge in [0.2, 0.25) is 0 Å². The molecule has 1 fully saturated rings. The van der Waals surface area contributed by atoms with Crippen LogP contribution in [-0.2, 0) is 0 Å². The summed E-state index contributed by atoms with van der Waals surface area (Å²) >= 11 is 2.01. The van der Waals surface area contributed by atoms with E-state index in [1.165, 1.54) is 29.5 Å². The molecule has 2 atom stereocenters. The van der Waals surface area contributed by atoms with Crippen LogP contribution in [0.2, 0.25) is 0 Å². The zero-order valence-corrected chi connectivity index (χ0v) is 11.4. The van der Waals surface area contributed by atoms with E-state index in [1.54, 1.807) is 0 Å². The lowest BCUT2D eigenvalue weighted by molar-refractivity contribution is 0.502. The van der Waals surface area contributed by atoms with Gasteiger partial charge in [0, 0.05) is 22.4 Å². The van der Waals surface area contributed by atoms with Crippen LogP contribution >= 0.6 is 11.8 Å². The molecule has 1 aliphatic heterocycles. The van der Waals surface area contributed by atoms with Crippen molar-refractivity contribution in [3.63, 3.8) is 0 Å². The van der Waals surface area contributed by atoms with E-state index in [1.807, 2.05) is 24.0 Å². The molecule has 18 heavy (non-hydrogen) atoms. The van der Waals surface area contributed by atoms with Gasteiger partial charge in [-0.15, -0.1) is 0 Å². The first kappa shape index (κ1) is 12.0. The van der Waals surface area contributed by atoms with Crippen molar-refractivity contribution in [1.29, 1.82) is 0 Å². The molecule has 2 nitrogen and oxygen atoms in total. The standard InChI is InChI=1S/C15H18N2S/c1-15(7-3-9-18-15)14(16)12-6-5-11-4-2-8-17-13(11)10-12/h2,4-6,8,10,14H,3,7,9,16H2,1H3.